The van der Waals surface area contributed by atoms with Crippen molar-refractivity contribution in [2.24, 2.45) is 7.05 Å². The summed E-state index contributed by atoms with van der Waals surface area (Å²) in [5, 5.41) is 8.30. The van der Waals surface area contributed by atoms with Crippen molar-refractivity contribution in [3.8, 4) is 0 Å². The fraction of sp³-hybridized carbons (Fsp3) is 0.667. The Hall–Kier alpha value is -1.69. The van der Waals surface area contributed by atoms with E-state index in [2.05, 4.69) is 20.4 Å². The quantitative estimate of drug-likeness (QED) is 0.877. The fourth-order valence-corrected chi connectivity index (χ4v) is 2.92. The molecule has 0 amide bonds. The van der Waals surface area contributed by atoms with Crippen molar-refractivity contribution in [1.82, 2.24) is 19.7 Å². The van der Waals surface area contributed by atoms with Crippen molar-refractivity contribution in [2.75, 3.05) is 12.4 Å². The Bertz CT molecular complexity index is 601. The average Bonchev–Trinajstić information content (AvgIpc) is 2.73. The van der Waals surface area contributed by atoms with Gasteiger partial charge in [0.2, 0.25) is 0 Å². The highest BCUT2D eigenvalue weighted by molar-refractivity contribution is 5.86. The second-order valence-corrected chi connectivity index (χ2v) is 5.67. The first-order valence-electron chi connectivity index (χ1n) is 7.76. The average molecular weight is 289 g/mol. The molecule has 0 atom stereocenters. The van der Waals surface area contributed by atoms with Gasteiger partial charge in [-0.15, -0.1) is 0 Å². The van der Waals surface area contributed by atoms with Gasteiger partial charge in [-0.2, -0.15) is 5.10 Å². The van der Waals surface area contributed by atoms with Crippen LogP contribution < -0.4 is 5.32 Å². The Morgan fingerprint density at radius 2 is 2.00 bits per heavy atom. The summed E-state index contributed by atoms with van der Waals surface area (Å²) >= 11 is 0. The minimum Gasteiger partial charge on any atom is -0.372 e. The summed E-state index contributed by atoms with van der Waals surface area (Å²) in [6.07, 6.45) is 9.68. The molecule has 2 aromatic heterocycles. The van der Waals surface area contributed by atoms with E-state index in [0.717, 1.165) is 35.5 Å². The molecule has 1 aliphatic rings. The van der Waals surface area contributed by atoms with E-state index in [1.54, 1.807) is 10.9 Å². The molecule has 0 aromatic carbocycles. The smallest absolute Gasteiger partial charge is 0.163 e. The van der Waals surface area contributed by atoms with Crippen molar-refractivity contribution in [2.45, 2.75) is 51.2 Å². The molecule has 0 aliphatic heterocycles. The topological polar surface area (TPSA) is 64.9 Å². The molecule has 3 rings (SSSR count). The zero-order chi connectivity index (χ0) is 14.7. The van der Waals surface area contributed by atoms with Gasteiger partial charge >= 0.3 is 0 Å². The van der Waals surface area contributed by atoms with Crippen LogP contribution in [0.1, 0.15) is 44.3 Å². The van der Waals surface area contributed by atoms with Crippen molar-refractivity contribution in [3.05, 3.63) is 12.0 Å². The first-order valence-corrected chi connectivity index (χ1v) is 7.76. The SMILES string of the molecule is CNc1nc(COC2CCCCCC2)nc2c1cnn2C. The van der Waals surface area contributed by atoms with Crippen LogP contribution >= 0.6 is 0 Å². The number of aryl methyl sites for hydroxylation is 1. The van der Waals surface area contributed by atoms with Crippen LogP contribution in [0.5, 0.6) is 0 Å². The summed E-state index contributed by atoms with van der Waals surface area (Å²) in [7, 11) is 3.76. The third-order valence-corrected chi connectivity index (χ3v) is 4.13. The van der Waals surface area contributed by atoms with Crippen LogP contribution in [0, 0.1) is 0 Å². The summed E-state index contributed by atoms with van der Waals surface area (Å²) in [6.45, 7) is 0.473. The highest BCUT2D eigenvalue weighted by Gasteiger charge is 2.15. The lowest BCUT2D eigenvalue weighted by atomic mass is 10.1. The maximum absolute atomic E-state index is 6.03. The normalized spacial score (nSPS) is 17.0. The molecule has 2 aromatic rings. The lowest BCUT2D eigenvalue weighted by molar-refractivity contribution is 0.0275. The van der Waals surface area contributed by atoms with Gasteiger partial charge in [0.25, 0.3) is 0 Å². The highest BCUT2D eigenvalue weighted by atomic mass is 16.5. The number of nitrogens with zero attached hydrogens (tertiary/aromatic N) is 4. The van der Waals surface area contributed by atoms with Crippen LogP contribution in [0.25, 0.3) is 11.0 Å². The van der Waals surface area contributed by atoms with Gasteiger partial charge in [0.1, 0.15) is 12.4 Å². The molecule has 114 valence electrons. The van der Waals surface area contributed by atoms with Crippen LogP contribution in [0.3, 0.4) is 0 Å². The zero-order valence-electron chi connectivity index (χ0n) is 12.8. The zero-order valence-corrected chi connectivity index (χ0v) is 12.8. The molecule has 0 radical (unpaired) electrons. The lowest BCUT2D eigenvalue weighted by Crippen LogP contribution is -2.13. The Balaban J connectivity index is 1.75. The van der Waals surface area contributed by atoms with Gasteiger partial charge < -0.3 is 10.1 Å². The number of ether oxygens (including phenoxy) is 1. The summed E-state index contributed by atoms with van der Waals surface area (Å²) < 4.78 is 7.80. The number of rotatable bonds is 4. The number of aromatic nitrogens is 4. The van der Waals surface area contributed by atoms with E-state index in [0.29, 0.717) is 12.7 Å². The van der Waals surface area contributed by atoms with Crippen molar-refractivity contribution < 1.29 is 4.74 Å². The Kier molecular flexibility index (Phi) is 4.34. The molecule has 1 aliphatic carbocycles. The molecule has 0 spiro atoms. The van der Waals surface area contributed by atoms with Crippen LogP contribution in [-0.4, -0.2) is 32.9 Å². The minimum atomic E-state index is 0.358. The van der Waals surface area contributed by atoms with Gasteiger partial charge in [0, 0.05) is 14.1 Å². The Labute approximate surface area is 124 Å². The number of fused-ring (bicyclic) bond motifs is 1. The van der Waals surface area contributed by atoms with E-state index in [9.17, 15) is 0 Å². The van der Waals surface area contributed by atoms with Crippen molar-refractivity contribution in [1.29, 1.82) is 0 Å². The third-order valence-electron chi connectivity index (χ3n) is 4.13. The monoisotopic (exact) mass is 289 g/mol. The molecule has 1 N–H and O–H groups in total. The molecule has 6 nitrogen and oxygen atoms in total. The van der Waals surface area contributed by atoms with Gasteiger partial charge in [0.15, 0.2) is 11.5 Å². The summed E-state index contributed by atoms with van der Waals surface area (Å²) in [5.74, 6) is 1.53. The Morgan fingerprint density at radius 1 is 1.24 bits per heavy atom. The van der Waals surface area contributed by atoms with E-state index >= 15 is 0 Å². The van der Waals surface area contributed by atoms with E-state index in [4.69, 9.17) is 4.74 Å². The van der Waals surface area contributed by atoms with E-state index in [1.807, 2.05) is 14.1 Å². The fourth-order valence-electron chi connectivity index (χ4n) is 2.92. The van der Waals surface area contributed by atoms with Gasteiger partial charge in [-0.25, -0.2) is 9.97 Å². The van der Waals surface area contributed by atoms with Crippen LogP contribution in [-0.2, 0) is 18.4 Å². The highest BCUT2D eigenvalue weighted by Crippen LogP contribution is 2.22. The van der Waals surface area contributed by atoms with Gasteiger partial charge in [-0.05, 0) is 12.8 Å². The summed E-state index contributed by atoms with van der Waals surface area (Å²) in [4.78, 5) is 9.12. The van der Waals surface area contributed by atoms with Crippen LogP contribution in [0.15, 0.2) is 6.20 Å². The lowest BCUT2D eigenvalue weighted by Gasteiger charge is -2.15. The first kappa shape index (κ1) is 14.3. The predicted octanol–water partition coefficient (Wildman–Crippen LogP) is 2.64. The maximum Gasteiger partial charge on any atom is 0.163 e. The molecular formula is C15H23N5O. The molecule has 0 unspecified atom stereocenters. The van der Waals surface area contributed by atoms with Crippen molar-refractivity contribution >= 4 is 16.9 Å². The summed E-state index contributed by atoms with van der Waals surface area (Å²) in [5.41, 5.74) is 0.841. The van der Waals surface area contributed by atoms with E-state index < -0.39 is 0 Å². The third kappa shape index (κ3) is 3.15. The second-order valence-electron chi connectivity index (χ2n) is 5.67. The largest absolute Gasteiger partial charge is 0.372 e. The number of hydrogen-bond acceptors (Lipinski definition) is 5. The Morgan fingerprint density at radius 3 is 2.71 bits per heavy atom. The molecule has 0 bridgehead atoms. The van der Waals surface area contributed by atoms with E-state index in [1.165, 1.54) is 25.7 Å². The molecule has 1 saturated carbocycles. The van der Waals surface area contributed by atoms with Gasteiger partial charge in [-0.1, -0.05) is 25.7 Å². The molecule has 6 heteroatoms. The standard InChI is InChI=1S/C15H23N5O/c1-16-14-12-9-17-20(2)15(12)19-13(18-14)10-21-11-7-5-3-4-6-8-11/h9,11H,3-8,10H2,1-2H3,(H,16,18,19). The number of nitrogens with one attached hydrogen (secondary N) is 1. The molecule has 0 saturated heterocycles. The molecule has 2 heterocycles. The molecule has 21 heavy (non-hydrogen) atoms. The number of anilines is 1. The molecular weight excluding hydrogens is 266 g/mol. The first-order chi connectivity index (χ1) is 10.3. The minimum absolute atomic E-state index is 0.358. The second kappa shape index (κ2) is 6.39. The van der Waals surface area contributed by atoms with Crippen LogP contribution in [0.4, 0.5) is 5.82 Å². The van der Waals surface area contributed by atoms with Gasteiger partial charge in [-0.3, -0.25) is 4.68 Å². The molecule has 1 fully saturated rings. The van der Waals surface area contributed by atoms with Crippen molar-refractivity contribution in [3.63, 3.8) is 0 Å². The summed E-state index contributed by atoms with van der Waals surface area (Å²) in [6, 6.07) is 0. The number of hydrogen-bond donors (Lipinski definition) is 1. The maximum atomic E-state index is 6.03. The van der Waals surface area contributed by atoms with Gasteiger partial charge in [0.05, 0.1) is 17.7 Å². The predicted molar refractivity (Wildman–Crippen MR) is 82.1 cm³/mol. The van der Waals surface area contributed by atoms with Crippen LogP contribution in [0.2, 0.25) is 0 Å². The van der Waals surface area contributed by atoms with E-state index in [-0.39, 0.29) is 0 Å².